The fourth-order valence-corrected chi connectivity index (χ4v) is 2.57. The van der Waals surface area contributed by atoms with Crippen molar-refractivity contribution in [2.45, 2.75) is 19.9 Å². The van der Waals surface area contributed by atoms with Crippen molar-refractivity contribution < 1.29 is 9.15 Å². The van der Waals surface area contributed by atoms with Gasteiger partial charge in [-0.1, -0.05) is 6.07 Å². The molecule has 0 bridgehead atoms. The maximum atomic E-state index is 5.45. The molecule has 3 heterocycles. The topological polar surface area (TPSA) is 97.5 Å². The Bertz CT molecular complexity index is 923. The predicted molar refractivity (Wildman–Crippen MR) is 98.6 cm³/mol. The van der Waals surface area contributed by atoms with Gasteiger partial charge in [-0.3, -0.25) is 4.99 Å². The quantitative estimate of drug-likeness (QED) is 0.673. The molecule has 8 heteroatoms. The molecule has 4 rings (SSSR count). The van der Waals surface area contributed by atoms with E-state index in [1.807, 2.05) is 43.5 Å². The average molecular weight is 350 g/mol. The van der Waals surface area contributed by atoms with E-state index in [1.165, 1.54) is 5.56 Å². The summed E-state index contributed by atoms with van der Waals surface area (Å²) >= 11 is 0. The van der Waals surface area contributed by atoms with Crippen molar-refractivity contribution >= 4 is 29.5 Å². The summed E-state index contributed by atoms with van der Waals surface area (Å²) in [4.78, 5) is 17.3. The molecule has 2 N–H and O–H groups in total. The lowest BCUT2D eigenvalue weighted by Gasteiger charge is -2.10. The van der Waals surface area contributed by atoms with E-state index in [0.29, 0.717) is 25.0 Å². The van der Waals surface area contributed by atoms with Gasteiger partial charge < -0.3 is 19.8 Å². The molecule has 1 aliphatic rings. The highest BCUT2D eigenvalue weighted by molar-refractivity contribution is 5.78. The fourth-order valence-electron chi connectivity index (χ4n) is 2.57. The normalized spacial score (nSPS) is 12.0. The number of aliphatic imine (C=N–C) groups is 1. The number of rotatable bonds is 7. The first-order chi connectivity index (χ1) is 12.8. The molecule has 0 saturated carbocycles. The lowest BCUT2D eigenvalue weighted by atomic mass is 10.1. The smallest absolute Gasteiger partial charge is 0.323 e. The number of ether oxygens (including phenoxy) is 1. The average Bonchev–Trinajstić information content (AvgIpc) is 3.31. The Kier molecular flexibility index (Phi) is 4.46. The molecule has 1 aliphatic heterocycles. The molecule has 3 aromatic rings. The molecule has 0 saturated heterocycles. The Balaban J connectivity index is 1.54. The molecule has 0 fully saturated rings. The number of benzene rings is 1. The van der Waals surface area contributed by atoms with E-state index in [2.05, 4.69) is 30.6 Å². The van der Waals surface area contributed by atoms with Gasteiger partial charge in [-0.2, -0.15) is 15.0 Å². The number of fused-ring (bicyclic) bond motifs is 1. The molecule has 26 heavy (non-hydrogen) atoms. The number of nitrogens with zero attached hydrogens (tertiary/aromatic N) is 4. The van der Waals surface area contributed by atoms with Crippen LogP contribution >= 0.6 is 0 Å². The molecule has 2 aromatic heterocycles. The summed E-state index contributed by atoms with van der Waals surface area (Å²) in [7, 11) is 0. The third-order valence-electron chi connectivity index (χ3n) is 3.77. The van der Waals surface area contributed by atoms with E-state index in [9.17, 15) is 0 Å². The highest BCUT2D eigenvalue weighted by Crippen LogP contribution is 2.28. The first-order valence-electron chi connectivity index (χ1n) is 8.38. The van der Waals surface area contributed by atoms with Gasteiger partial charge in [-0.15, -0.1) is 0 Å². The molecule has 0 amide bonds. The zero-order chi connectivity index (χ0) is 17.8. The predicted octanol–water partition coefficient (Wildman–Crippen LogP) is 3.48. The maximum Gasteiger partial charge on any atom is 0.323 e. The number of nitrogens with one attached hydrogen (secondary N) is 2. The SMILES string of the molecule is CCOc1nc(NCc2ccco2)nc(Nc2ccc3c(c2)N=CC3)n1. The van der Waals surface area contributed by atoms with Crippen LogP contribution in [0, 0.1) is 0 Å². The molecule has 0 atom stereocenters. The van der Waals surface area contributed by atoms with Gasteiger partial charge in [0.1, 0.15) is 5.76 Å². The second-order valence-corrected chi connectivity index (χ2v) is 5.62. The van der Waals surface area contributed by atoms with Crippen molar-refractivity contribution in [3.8, 4) is 6.01 Å². The molecule has 0 radical (unpaired) electrons. The minimum atomic E-state index is 0.256. The van der Waals surface area contributed by atoms with E-state index in [-0.39, 0.29) is 6.01 Å². The standard InChI is InChI=1S/C18H18N6O2/c1-2-25-18-23-16(20-11-14-4-3-9-26-14)22-17(24-18)21-13-6-5-12-7-8-19-15(12)10-13/h3-6,8-10H,2,7,11H2,1H3,(H2,20,21,22,23,24). The van der Waals surface area contributed by atoms with E-state index >= 15 is 0 Å². The maximum absolute atomic E-state index is 5.45. The molecular formula is C18H18N6O2. The van der Waals surface area contributed by atoms with Crippen molar-refractivity contribution in [3.63, 3.8) is 0 Å². The third-order valence-corrected chi connectivity index (χ3v) is 3.77. The van der Waals surface area contributed by atoms with Crippen LogP contribution in [-0.2, 0) is 13.0 Å². The van der Waals surface area contributed by atoms with E-state index < -0.39 is 0 Å². The molecule has 132 valence electrons. The Morgan fingerprint density at radius 3 is 2.92 bits per heavy atom. The van der Waals surface area contributed by atoms with Gasteiger partial charge in [0, 0.05) is 18.3 Å². The van der Waals surface area contributed by atoms with Crippen LogP contribution < -0.4 is 15.4 Å². The monoisotopic (exact) mass is 350 g/mol. The molecular weight excluding hydrogens is 332 g/mol. The minimum absolute atomic E-state index is 0.256. The fraction of sp³-hybridized carbons (Fsp3) is 0.222. The molecule has 1 aromatic carbocycles. The van der Waals surface area contributed by atoms with Crippen molar-refractivity contribution in [2.24, 2.45) is 4.99 Å². The van der Waals surface area contributed by atoms with E-state index in [4.69, 9.17) is 9.15 Å². The summed E-state index contributed by atoms with van der Waals surface area (Å²) in [5, 5.41) is 6.30. The summed E-state index contributed by atoms with van der Waals surface area (Å²) in [6.45, 7) is 2.82. The highest BCUT2D eigenvalue weighted by Gasteiger charge is 2.11. The number of anilines is 3. The summed E-state index contributed by atoms with van der Waals surface area (Å²) in [6, 6.07) is 9.96. The zero-order valence-electron chi connectivity index (χ0n) is 14.3. The van der Waals surface area contributed by atoms with Crippen LogP contribution in [0.5, 0.6) is 6.01 Å². The minimum Gasteiger partial charge on any atom is -0.467 e. The van der Waals surface area contributed by atoms with Gasteiger partial charge >= 0.3 is 6.01 Å². The van der Waals surface area contributed by atoms with Crippen LogP contribution in [0.1, 0.15) is 18.2 Å². The zero-order valence-corrected chi connectivity index (χ0v) is 14.3. The number of aromatic nitrogens is 3. The van der Waals surface area contributed by atoms with Gasteiger partial charge in [-0.05, 0) is 36.8 Å². The van der Waals surface area contributed by atoms with Crippen LogP contribution in [-0.4, -0.2) is 27.8 Å². The van der Waals surface area contributed by atoms with Gasteiger partial charge in [0.2, 0.25) is 11.9 Å². The Hall–Kier alpha value is -3.42. The van der Waals surface area contributed by atoms with Crippen LogP contribution in [0.25, 0.3) is 0 Å². The Labute approximate surface area is 150 Å². The molecule has 0 aliphatic carbocycles. The van der Waals surface area contributed by atoms with Crippen molar-refractivity contribution in [1.82, 2.24) is 15.0 Å². The summed E-state index contributed by atoms with van der Waals surface area (Å²) < 4.78 is 10.8. The first kappa shape index (κ1) is 16.1. The Morgan fingerprint density at radius 1 is 1.15 bits per heavy atom. The van der Waals surface area contributed by atoms with Crippen LogP contribution in [0.15, 0.2) is 46.0 Å². The highest BCUT2D eigenvalue weighted by atomic mass is 16.5. The van der Waals surface area contributed by atoms with Crippen molar-refractivity contribution in [1.29, 1.82) is 0 Å². The molecule has 8 nitrogen and oxygen atoms in total. The van der Waals surface area contributed by atoms with Crippen LogP contribution in [0.3, 0.4) is 0 Å². The molecule has 0 spiro atoms. The molecule has 0 unspecified atom stereocenters. The van der Waals surface area contributed by atoms with Crippen molar-refractivity contribution in [3.05, 3.63) is 47.9 Å². The summed E-state index contributed by atoms with van der Waals surface area (Å²) in [5.41, 5.74) is 3.03. The summed E-state index contributed by atoms with van der Waals surface area (Å²) in [5.74, 6) is 1.59. The second-order valence-electron chi connectivity index (χ2n) is 5.62. The first-order valence-corrected chi connectivity index (χ1v) is 8.38. The Morgan fingerprint density at radius 2 is 2.08 bits per heavy atom. The lowest BCUT2D eigenvalue weighted by molar-refractivity contribution is 0.312. The lowest BCUT2D eigenvalue weighted by Crippen LogP contribution is -2.09. The van der Waals surface area contributed by atoms with E-state index in [1.54, 1.807) is 6.26 Å². The van der Waals surface area contributed by atoms with Gasteiger partial charge in [0.25, 0.3) is 0 Å². The number of hydrogen-bond acceptors (Lipinski definition) is 8. The van der Waals surface area contributed by atoms with Gasteiger partial charge in [0.15, 0.2) is 0 Å². The van der Waals surface area contributed by atoms with Gasteiger partial charge in [-0.25, -0.2) is 0 Å². The van der Waals surface area contributed by atoms with E-state index in [0.717, 1.165) is 23.6 Å². The number of hydrogen-bond donors (Lipinski definition) is 2. The second kappa shape index (κ2) is 7.22. The van der Waals surface area contributed by atoms with Crippen LogP contribution in [0.2, 0.25) is 0 Å². The number of furan rings is 1. The third kappa shape index (κ3) is 3.64. The van der Waals surface area contributed by atoms with Crippen LogP contribution in [0.4, 0.5) is 23.3 Å². The largest absolute Gasteiger partial charge is 0.467 e. The van der Waals surface area contributed by atoms with Gasteiger partial charge in [0.05, 0.1) is 25.1 Å². The van der Waals surface area contributed by atoms with Crippen molar-refractivity contribution in [2.75, 3.05) is 17.2 Å². The summed E-state index contributed by atoms with van der Waals surface area (Å²) in [6.07, 6.45) is 4.40.